The third kappa shape index (κ3) is 4.75. The predicted octanol–water partition coefficient (Wildman–Crippen LogP) is 3.57. The van der Waals surface area contributed by atoms with E-state index in [-0.39, 0.29) is 5.92 Å². The minimum Gasteiger partial charge on any atom is -0.481 e. The number of hydrogen-bond acceptors (Lipinski definition) is 3. The molecule has 1 aromatic rings. The monoisotopic (exact) mass is 307 g/mol. The summed E-state index contributed by atoms with van der Waals surface area (Å²) in [5, 5.41) is 12.7. The van der Waals surface area contributed by atoms with Gasteiger partial charge in [0.2, 0.25) is 0 Å². The van der Waals surface area contributed by atoms with Gasteiger partial charge in [-0.2, -0.15) is 0 Å². The molecule has 0 bridgehead atoms. The Morgan fingerprint density at radius 1 is 1.33 bits per heavy atom. The maximum Gasteiger partial charge on any atom is 0.306 e. The standard InChI is InChI=1S/C17H25NO2S/c1-12(11-14-5-3-4-6-16(14)21-2)18-15-9-7-13(8-10-15)17(19)20/h3-6,12-13,15,18H,7-11H2,1-2H3,(H,19,20). The predicted molar refractivity (Wildman–Crippen MR) is 87.9 cm³/mol. The summed E-state index contributed by atoms with van der Waals surface area (Å²) in [6.45, 7) is 2.22. The van der Waals surface area contributed by atoms with Crippen LogP contribution in [0.3, 0.4) is 0 Å². The fraction of sp³-hybridized carbons (Fsp3) is 0.588. The second kappa shape index (κ2) is 7.85. The van der Waals surface area contributed by atoms with Gasteiger partial charge in [0.25, 0.3) is 0 Å². The van der Waals surface area contributed by atoms with Gasteiger partial charge >= 0.3 is 5.97 Å². The zero-order valence-electron chi connectivity index (χ0n) is 12.8. The van der Waals surface area contributed by atoms with Crippen molar-refractivity contribution in [3.8, 4) is 0 Å². The summed E-state index contributed by atoms with van der Waals surface area (Å²) in [5.41, 5.74) is 1.39. The number of hydrogen-bond donors (Lipinski definition) is 2. The van der Waals surface area contributed by atoms with Crippen molar-refractivity contribution in [1.29, 1.82) is 0 Å². The van der Waals surface area contributed by atoms with Gasteiger partial charge in [0.15, 0.2) is 0 Å². The third-order valence-electron chi connectivity index (χ3n) is 4.32. The Morgan fingerprint density at radius 3 is 2.62 bits per heavy atom. The quantitative estimate of drug-likeness (QED) is 0.789. The average molecular weight is 307 g/mol. The summed E-state index contributed by atoms with van der Waals surface area (Å²) < 4.78 is 0. The molecule has 0 radical (unpaired) electrons. The largest absolute Gasteiger partial charge is 0.481 e. The van der Waals surface area contributed by atoms with Crippen LogP contribution in [0.15, 0.2) is 29.2 Å². The summed E-state index contributed by atoms with van der Waals surface area (Å²) in [5.74, 6) is -0.758. The van der Waals surface area contributed by atoms with Crippen LogP contribution < -0.4 is 5.32 Å². The van der Waals surface area contributed by atoms with Gasteiger partial charge in [-0.3, -0.25) is 4.79 Å². The van der Waals surface area contributed by atoms with Crippen LogP contribution in [-0.4, -0.2) is 29.4 Å². The molecule has 2 rings (SSSR count). The molecule has 1 aliphatic carbocycles. The maximum absolute atomic E-state index is 11.0. The highest BCUT2D eigenvalue weighted by molar-refractivity contribution is 7.98. The molecule has 0 aliphatic heterocycles. The van der Waals surface area contributed by atoms with Crippen LogP contribution in [0.5, 0.6) is 0 Å². The van der Waals surface area contributed by atoms with Gasteiger partial charge in [0.1, 0.15) is 0 Å². The first-order valence-corrected chi connectivity index (χ1v) is 8.93. The molecule has 0 amide bonds. The molecule has 1 fully saturated rings. The minimum absolute atomic E-state index is 0.129. The zero-order valence-corrected chi connectivity index (χ0v) is 13.7. The number of benzene rings is 1. The van der Waals surface area contributed by atoms with Crippen LogP contribution in [0.4, 0.5) is 0 Å². The Hall–Kier alpha value is -1.00. The Morgan fingerprint density at radius 2 is 2.00 bits per heavy atom. The van der Waals surface area contributed by atoms with E-state index in [2.05, 4.69) is 42.8 Å². The van der Waals surface area contributed by atoms with Gasteiger partial charge in [-0.25, -0.2) is 0 Å². The Labute approximate surface area is 131 Å². The fourth-order valence-corrected chi connectivity index (χ4v) is 3.80. The topological polar surface area (TPSA) is 49.3 Å². The molecule has 21 heavy (non-hydrogen) atoms. The van der Waals surface area contributed by atoms with E-state index in [0.717, 1.165) is 32.1 Å². The minimum atomic E-state index is -0.629. The second-order valence-corrected chi connectivity index (χ2v) is 6.82. The van der Waals surface area contributed by atoms with Gasteiger partial charge in [-0.15, -0.1) is 11.8 Å². The Bertz CT molecular complexity index is 470. The first-order valence-electron chi connectivity index (χ1n) is 7.71. The van der Waals surface area contributed by atoms with Crippen LogP contribution in [0.1, 0.15) is 38.2 Å². The van der Waals surface area contributed by atoms with E-state index >= 15 is 0 Å². The van der Waals surface area contributed by atoms with Gasteiger partial charge in [-0.05, 0) is 56.9 Å². The van der Waals surface area contributed by atoms with Crippen LogP contribution in [0.25, 0.3) is 0 Å². The van der Waals surface area contributed by atoms with Gasteiger partial charge < -0.3 is 10.4 Å². The lowest BCUT2D eigenvalue weighted by Gasteiger charge is -2.29. The molecule has 1 atom stereocenters. The summed E-state index contributed by atoms with van der Waals surface area (Å²) >= 11 is 1.79. The smallest absolute Gasteiger partial charge is 0.306 e. The number of aliphatic carboxylic acids is 1. The lowest BCUT2D eigenvalue weighted by Crippen LogP contribution is -2.41. The molecule has 3 nitrogen and oxygen atoms in total. The van der Waals surface area contributed by atoms with E-state index in [1.165, 1.54) is 10.5 Å². The lowest BCUT2D eigenvalue weighted by molar-refractivity contribution is -0.142. The highest BCUT2D eigenvalue weighted by atomic mass is 32.2. The molecule has 0 saturated heterocycles. The van der Waals surface area contributed by atoms with Crippen LogP contribution >= 0.6 is 11.8 Å². The summed E-state index contributed by atoms with van der Waals surface area (Å²) in [6.07, 6.45) is 6.71. The van der Waals surface area contributed by atoms with Crippen molar-refractivity contribution in [1.82, 2.24) is 5.32 Å². The molecule has 0 heterocycles. The number of carboxylic acid groups (broad SMARTS) is 1. The zero-order chi connectivity index (χ0) is 15.2. The molecule has 1 aliphatic rings. The Kier molecular flexibility index (Phi) is 6.12. The van der Waals surface area contributed by atoms with Crippen LogP contribution in [0.2, 0.25) is 0 Å². The molecule has 4 heteroatoms. The normalized spacial score (nSPS) is 23.7. The van der Waals surface area contributed by atoms with Gasteiger partial charge in [0, 0.05) is 17.0 Å². The van der Waals surface area contributed by atoms with Gasteiger partial charge in [0.05, 0.1) is 5.92 Å². The SMILES string of the molecule is CSc1ccccc1CC(C)NC1CCC(C(=O)O)CC1. The van der Waals surface area contributed by atoms with Crippen molar-refractivity contribution in [2.75, 3.05) is 6.26 Å². The summed E-state index contributed by atoms with van der Waals surface area (Å²) in [4.78, 5) is 12.3. The van der Waals surface area contributed by atoms with E-state index < -0.39 is 5.97 Å². The molecule has 1 unspecified atom stereocenters. The number of carbonyl (C=O) groups is 1. The van der Waals surface area contributed by atoms with E-state index in [9.17, 15) is 4.79 Å². The molecule has 0 spiro atoms. The molecule has 1 saturated carbocycles. The molecule has 1 aromatic carbocycles. The lowest BCUT2D eigenvalue weighted by atomic mass is 9.85. The third-order valence-corrected chi connectivity index (χ3v) is 5.15. The van der Waals surface area contributed by atoms with E-state index in [0.29, 0.717) is 12.1 Å². The number of rotatable bonds is 6. The average Bonchev–Trinajstić information content (AvgIpc) is 2.48. The molecular weight excluding hydrogens is 282 g/mol. The van der Waals surface area contributed by atoms with E-state index in [1.54, 1.807) is 11.8 Å². The first-order chi connectivity index (χ1) is 10.1. The summed E-state index contributed by atoms with van der Waals surface area (Å²) in [6, 6.07) is 9.44. The first kappa shape index (κ1) is 16.4. The van der Waals surface area contributed by atoms with Crippen molar-refractivity contribution in [3.05, 3.63) is 29.8 Å². The van der Waals surface area contributed by atoms with Crippen molar-refractivity contribution < 1.29 is 9.90 Å². The summed E-state index contributed by atoms with van der Waals surface area (Å²) in [7, 11) is 0. The van der Waals surface area contributed by atoms with E-state index in [4.69, 9.17) is 5.11 Å². The molecule has 2 N–H and O–H groups in total. The van der Waals surface area contributed by atoms with Gasteiger partial charge in [-0.1, -0.05) is 18.2 Å². The van der Waals surface area contributed by atoms with E-state index in [1.807, 2.05) is 0 Å². The molecular formula is C17H25NO2S. The van der Waals surface area contributed by atoms with Crippen molar-refractivity contribution >= 4 is 17.7 Å². The Balaban J connectivity index is 1.82. The number of nitrogens with one attached hydrogen (secondary N) is 1. The van der Waals surface area contributed by atoms with Crippen molar-refractivity contribution in [3.63, 3.8) is 0 Å². The fourth-order valence-electron chi connectivity index (χ4n) is 3.17. The number of thioether (sulfide) groups is 1. The van der Waals surface area contributed by atoms with Crippen LogP contribution in [0, 0.1) is 5.92 Å². The highest BCUT2D eigenvalue weighted by Crippen LogP contribution is 2.25. The second-order valence-electron chi connectivity index (χ2n) is 5.97. The maximum atomic E-state index is 11.0. The number of carboxylic acids is 1. The molecule has 0 aromatic heterocycles. The molecule has 116 valence electrons. The van der Waals surface area contributed by atoms with Crippen molar-refractivity contribution in [2.24, 2.45) is 5.92 Å². The van der Waals surface area contributed by atoms with Crippen molar-refractivity contribution in [2.45, 2.75) is 56.0 Å². The van der Waals surface area contributed by atoms with Crippen LogP contribution in [-0.2, 0) is 11.2 Å². The highest BCUT2D eigenvalue weighted by Gasteiger charge is 2.26.